The summed E-state index contributed by atoms with van der Waals surface area (Å²) in [5, 5.41) is 3.59. The molecular weight excluding hydrogens is 198 g/mol. The maximum atomic E-state index is 5.27. The summed E-state index contributed by atoms with van der Waals surface area (Å²) in [5.41, 5.74) is 2.85. The molecule has 0 spiro atoms. The van der Waals surface area contributed by atoms with Gasteiger partial charge in [0.25, 0.3) is 0 Å². The summed E-state index contributed by atoms with van der Waals surface area (Å²) in [4.78, 5) is 0. The molecule has 1 aromatic rings. The number of aryl methyl sites for hydroxylation is 1. The molecule has 2 heteroatoms. The van der Waals surface area contributed by atoms with Gasteiger partial charge in [0.05, 0.1) is 7.11 Å². The molecule has 0 aromatic heterocycles. The van der Waals surface area contributed by atoms with Gasteiger partial charge in [-0.2, -0.15) is 0 Å². The second kappa shape index (κ2) is 4.88. The number of ether oxygens (including phenoxy) is 1. The predicted molar refractivity (Wildman–Crippen MR) is 66.8 cm³/mol. The van der Waals surface area contributed by atoms with Gasteiger partial charge >= 0.3 is 0 Å². The molecule has 0 saturated carbocycles. The number of nitrogens with one attached hydrogen (secondary N) is 1. The van der Waals surface area contributed by atoms with E-state index in [0.717, 1.165) is 18.2 Å². The summed E-state index contributed by atoms with van der Waals surface area (Å²) in [7, 11) is 1.72. The quantitative estimate of drug-likeness (QED) is 0.784. The van der Waals surface area contributed by atoms with Gasteiger partial charge in [-0.3, -0.25) is 0 Å². The van der Waals surface area contributed by atoms with E-state index in [1.165, 1.54) is 24.0 Å². The maximum absolute atomic E-state index is 5.27. The Morgan fingerprint density at radius 1 is 1.25 bits per heavy atom. The van der Waals surface area contributed by atoms with Crippen molar-refractivity contribution in [2.45, 2.75) is 39.3 Å². The van der Waals surface area contributed by atoms with Gasteiger partial charge in [0, 0.05) is 12.6 Å². The topological polar surface area (TPSA) is 21.3 Å². The first-order valence-electron chi connectivity index (χ1n) is 6.10. The molecule has 1 heterocycles. The Hall–Kier alpha value is -1.02. The molecule has 16 heavy (non-hydrogen) atoms. The molecule has 1 N–H and O–H groups in total. The van der Waals surface area contributed by atoms with Gasteiger partial charge in [-0.1, -0.05) is 13.0 Å². The zero-order valence-electron chi connectivity index (χ0n) is 10.4. The lowest BCUT2D eigenvalue weighted by molar-refractivity contribution is 0.366. The second-order valence-electron chi connectivity index (χ2n) is 4.82. The number of fused-ring (bicyclic) bond motifs is 1. The fourth-order valence-corrected chi connectivity index (χ4v) is 2.24. The molecule has 2 nitrogen and oxygen atoms in total. The van der Waals surface area contributed by atoms with Gasteiger partial charge in [0.2, 0.25) is 0 Å². The Balaban J connectivity index is 2.23. The zero-order chi connectivity index (χ0) is 11.5. The molecule has 0 bridgehead atoms. The van der Waals surface area contributed by atoms with Crippen LogP contribution in [0.3, 0.4) is 0 Å². The van der Waals surface area contributed by atoms with Crippen LogP contribution in [0.1, 0.15) is 31.4 Å². The first-order chi connectivity index (χ1) is 7.70. The second-order valence-corrected chi connectivity index (χ2v) is 4.82. The van der Waals surface area contributed by atoms with Crippen LogP contribution in [0.5, 0.6) is 5.75 Å². The van der Waals surface area contributed by atoms with Crippen LogP contribution >= 0.6 is 0 Å². The molecule has 1 aliphatic rings. The fourth-order valence-electron chi connectivity index (χ4n) is 2.24. The number of rotatable bonds is 1. The standard InChI is InChI=1S/C14H21NO/c1-10-4-5-12-6-7-14(16-3)8-13(12)9-15-11(10)2/h6-8,10-11,15H,4-5,9H2,1-3H3. The molecule has 0 amide bonds. The van der Waals surface area contributed by atoms with E-state index in [-0.39, 0.29) is 0 Å². The van der Waals surface area contributed by atoms with E-state index in [9.17, 15) is 0 Å². The highest BCUT2D eigenvalue weighted by atomic mass is 16.5. The van der Waals surface area contributed by atoms with E-state index in [1.54, 1.807) is 7.11 Å². The molecule has 2 rings (SSSR count). The van der Waals surface area contributed by atoms with Crippen molar-refractivity contribution in [2.24, 2.45) is 5.92 Å². The Bertz CT molecular complexity index is 362. The third-order valence-electron chi connectivity index (χ3n) is 3.75. The van der Waals surface area contributed by atoms with Crippen LogP contribution in [0.25, 0.3) is 0 Å². The lowest BCUT2D eigenvalue weighted by atomic mass is 9.91. The summed E-state index contributed by atoms with van der Waals surface area (Å²) >= 11 is 0. The van der Waals surface area contributed by atoms with Crippen molar-refractivity contribution < 1.29 is 4.74 Å². The minimum atomic E-state index is 0.597. The van der Waals surface area contributed by atoms with Crippen LogP contribution < -0.4 is 10.1 Å². The monoisotopic (exact) mass is 219 g/mol. The Morgan fingerprint density at radius 3 is 2.81 bits per heavy atom. The predicted octanol–water partition coefficient (Wildman–Crippen LogP) is 2.76. The van der Waals surface area contributed by atoms with Crippen molar-refractivity contribution in [3.63, 3.8) is 0 Å². The van der Waals surface area contributed by atoms with Gasteiger partial charge < -0.3 is 10.1 Å². The van der Waals surface area contributed by atoms with E-state index < -0.39 is 0 Å². The largest absolute Gasteiger partial charge is 0.497 e. The van der Waals surface area contributed by atoms with Crippen molar-refractivity contribution in [1.82, 2.24) is 5.32 Å². The number of hydrogen-bond acceptors (Lipinski definition) is 2. The molecule has 0 fully saturated rings. The average molecular weight is 219 g/mol. The summed E-state index contributed by atoms with van der Waals surface area (Å²) in [6.07, 6.45) is 2.44. The third-order valence-corrected chi connectivity index (χ3v) is 3.75. The minimum Gasteiger partial charge on any atom is -0.497 e. The zero-order valence-corrected chi connectivity index (χ0v) is 10.4. The summed E-state index contributed by atoms with van der Waals surface area (Å²) in [6, 6.07) is 7.03. The van der Waals surface area contributed by atoms with Crippen LogP contribution in [0.15, 0.2) is 18.2 Å². The van der Waals surface area contributed by atoms with Crippen LogP contribution in [-0.2, 0) is 13.0 Å². The molecule has 1 aliphatic heterocycles. The fraction of sp³-hybridized carbons (Fsp3) is 0.571. The van der Waals surface area contributed by atoms with Crippen molar-refractivity contribution in [1.29, 1.82) is 0 Å². The van der Waals surface area contributed by atoms with Crippen LogP contribution in [0.2, 0.25) is 0 Å². The number of benzene rings is 1. The Kier molecular flexibility index (Phi) is 3.49. The van der Waals surface area contributed by atoms with Gasteiger partial charge in [0.15, 0.2) is 0 Å². The lowest BCUT2D eigenvalue weighted by Crippen LogP contribution is -2.33. The van der Waals surface area contributed by atoms with Crippen molar-refractivity contribution in [2.75, 3.05) is 7.11 Å². The molecule has 2 atom stereocenters. The van der Waals surface area contributed by atoms with E-state index in [0.29, 0.717) is 6.04 Å². The highest BCUT2D eigenvalue weighted by molar-refractivity contribution is 5.36. The van der Waals surface area contributed by atoms with Crippen LogP contribution in [0, 0.1) is 5.92 Å². The molecule has 88 valence electrons. The van der Waals surface area contributed by atoms with E-state index in [2.05, 4.69) is 37.4 Å². The minimum absolute atomic E-state index is 0.597. The van der Waals surface area contributed by atoms with Crippen LogP contribution in [0.4, 0.5) is 0 Å². The number of methoxy groups -OCH3 is 1. The Labute approximate surface area is 98.0 Å². The average Bonchev–Trinajstić information content (AvgIpc) is 2.31. The van der Waals surface area contributed by atoms with Crippen molar-refractivity contribution in [3.8, 4) is 5.75 Å². The maximum Gasteiger partial charge on any atom is 0.119 e. The smallest absolute Gasteiger partial charge is 0.119 e. The first-order valence-corrected chi connectivity index (χ1v) is 6.10. The number of hydrogen-bond donors (Lipinski definition) is 1. The Morgan fingerprint density at radius 2 is 2.06 bits per heavy atom. The van der Waals surface area contributed by atoms with E-state index in [1.807, 2.05) is 0 Å². The highest BCUT2D eigenvalue weighted by Gasteiger charge is 2.16. The molecule has 2 unspecified atom stereocenters. The molecule has 0 aliphatic carbocycles. The van der Waals surface area contributed by atoms with Gasteiger partial charge in [-0.05, 0) is 48.9 Å². The normalized spacial score (nSPS) is 25.4. The summed E-state index contributed by atoms with van der Waals surface area (Å²) in [6.45, 7) is 5.56. The van der Waals surface area contributed by atoms with Gasteiger partial charge in [-0.15, -0.1) is 0 Å². The third kappa shape index (κ3) is 2.38. The molecule has 0 radical (unpaired) electrons. The first kappa shape index (κ1) is 11.5. The van der Waals surface area contributed by atoms with Crippen molar-refractivity contribution >= 4 is 0 Å². The van der Waals surface area contributed by atoms with Gasteiger partial charge in [-0.25, -0.2) is 0 Å². The molecule has 0 saturated heterocycles. The van der Waals surface area contributed by atoms with Crippen molar-refractivity contribution in [3.05, 3.63) is 29.3 Å². The SMILES string of the molecule is COc1ccc2c(c1)CNC(C)C(C)CC2. The summed E-state index contributed by atoms with van der Waals surface area (Å²) < 4.78 is 5.27. The van der Waals surface area contributed by atoms with Gasteiger partial charge in [0.1, 0.15) is 5.75 Å². The van der Waals surface area contributed by atoms with E-state index >= 15 is 0 Å². The van der Waals surface area contributed by atoms with Crippen LogP contribution in [-0.4, -0.2) is 13.2 Å². The van der Waals surface area contributed by atoms with E-state index in [4.69, 9.17) is 4.74 Å². The highest BCUT2D eigenvalue weighted by Crippen LogP contribution is 2.23. The lowest BCUT2D eigenvalue weighted by Gasteiger charge is -2.26. The summed E-state index contributed by atoms with van der Waals surface area (Å²) in [5.74, 6) is 1.71. The molecule has 1 aromatic carbocycles. The molecular formula is C14H21NO.